The molecular formula is C17H14Cl3N3O2S. The summed E-state index contributed by atoms with van der Waals surface area (Å²) in [5.74, 6) is -0.432. The first-order valence-electron chi connectivity index (χ1n) is 7.34. The Balaban J connectivity index is 2.03. The SMILES string of the molecule is O=C(/N=C/SN(Cc1ccc(Cl)cc1)C(=O)NCCl)c1ccc(Cl)cc1. The van der Waals surface area contributed by atoms with Gasteiger partial charge in [-0.2, -0.15) is 0 Å². The predicted octanol–water partition coefficient (Wildman–Crippen LogP) is 5.22. The van der Waals surface area contributed by atoms with Crippen LogP contribution >= 0.6 is 46.8 Å². The van der Waals surface area contributed by atoms with E-state index < -0.39 is 11.9 Å². The summed E-state index contributed by atoms with van der Waals surface area (Å²) >= 11 is 18.2. The van der Waals surface area contributed by atoms with Gasteiger partial charge in [-0.1, -0.05) is 35.3 Å². The summed E-state index contributed by atoms with van der Waals surface area (Å²) in [5.41, 5.74) is 2.57. The van der Waals surface area contributed by atoms with Gasteiger partial charge in [-0.15, -0.1) is 11.6 Å². The summed E-state index contributed by atoms with van der Waals surface area (Å²) in [6, 6.07) is 13.0. The van der Waals surface area contributed by atoms with Crippen molar-refractivity contribution in [1.29, 1.82) is 0 Å². The summed E-state index contributed by atoms with van der Waals surface area (Å²) < 4.78 is 1.39. The molecule has 26 heavy (non-hydrogen) atoms. The lowest BCUT2D eigenvalue weighted by molar-refractivity contribution is 0.100. The third kappa shape index (κ3) is 6.53. The van der Waals surface area contributed by atoms with Crippen molar-refractivity contribution in [2.75, 3.05) is 6.00 Å². The Bertz CT molecular complexity index is 783. The van der Waals surface area contributed by atoms with E-state index >= 15 is 0 Å². The molecule has 0 heterocycles. The zero-order valence-corrected chi connectivity index (χ0v) is 16.4. The smallest absolute Gasteiger partial charge is 0.324 e. The van der Waals surface area contributed by atoms with Gasteiger partial charge in [0.15, 0.2) is 0 Å². The van der Waals surface area contributed by atoms with Gasteiger partial charge in [-0.25, -0.2) is 9.79 Å². The lowest BCUT2D eigenvalue weighted by atomic mass is 10.2. The van der Waals surface area contributed by atoms with Crippen molar-refractivity contribution in [2.45, 2.75) is 6.54 Å². The number of urea groups is 1. The number of hydrogen-bond donors (Lipinski definition) is 1. The van der Waals surface area contributed by atoms with Crippen molar-refractivity contribution in [1.82, 2.24) is 9.62 Å². The number of hydrogen-bond acceptors (Lipinski definition) is 3. The fraction of sp³-hybridized carbons (Fsp3) is 0.118. The van der Waals surface area contributed by atoms with E-state index in [1.807, 2.05) is 0 Å². The molecule has 2 aromatic rings. The number of carbonyl (C=O) groups is 2. The molecule has 0 unspecified atom stereocenters. The number of nitrogens with one attached hydrogen (secondary N) is 1. The number of nitrogens with zero attached hydrogens (tertiary/aromatic N) is 2. The molecule has 136 valence electrons. The molecular weight excluding hydrogens is 417 g/mol. The van der Waals surface area contributed by atoms with E-state index in [0.717, 1.165) is 17.5 Å². The van der Waals surface area contributed by atoms with E-state index in [-0.39, 0.29) is 12.5 Å². The van der Waals surface area contributed by atoms with Crippen LogP contribution in [0.25, 0.3) is 0 Å². The molecule has 5 nitrogen and oxygen atoms in total. The highest BCUT2D eigenvalue weighted by molar-refractivity contribution is 8.10. The van der Waals surface area contributed by atoms with Crippen molar-refractivity contribution >= 4 is 64.2 Å². The number of carbonyl (C=O) groups excluding carboxylic acids is 2. The van der Waals surface area contributed by atoms with Crippen LogP contribution in [0.4, 0.5) is 4.79 Å². The van der Waals surface area contributed by atoms with Crippen LogP contribution in [-0.4, -0.2) is 27.8 Å². The Morgan fingerprint density at radius 2 is 1.62 bits per heavy atom. The van der Waals surface area contributed by atoms with Crippen LogP contribution in [-0.2, 0) is 6.54 Å². The molecule has 2 aromatic carbocycles. The average molecular weight is 431 g/mol. The number of halogens is 3. The quantitative estimate of drug-likeness (QED) is 0.225. The minimum absolute atomic E-state index is 0.0304. The molecule has 3 amide bonds. The second-order valence-electron chi connectivity index (χ2n) is 4.93. The summed E-state index contributed by atoms with van der Waals surface area (Å²) in [5, 5.41) is 3.64. The van der Waals surface area contributed by atoms with Gasteiger partial charge in [0.25, 0.3) is 5.91 Å². The Kier molecular flexibility index (Phi) is 8.25. The van der Waals surface area contributed by atoms with Crippen LogP contribution in [0, 0.1) is 0 Å². The second-order valence-corrected chi connectivity index (χ2v) is 6.93. The van der Waals surface area contributed by atoms with Crippen LogP contribution in [0.2, 0.25) is 10.0 Å². The van der Waals surface area contributed by atoms with Crippen LogP contribution in [0.5, 0.6) is 0 Å². The predicted molar refractivity (Wildman–Crippen MR) is 108 cm³/mol. The standard InChI is InChI=1S/C17H14Cl3N3O2S/c18-10-21-17(25)23(9-12-1-5-14(19)6-2-12)26-11-22-16(24)13-3-7-15(20)8-4-13/h1-8,11H,9-10H2,(H,21,25)/b22-11+. The number of amides is 3. The van der Waals surface area contributed by atoms with Gasteiger partial charge >= 0.3 is 6.03 Å². The monoisotopic (exact) mass is 429 g/mol. The van der Waals surface area contributed by atoms with E-state index in [1.165, 1.54) is 9.85 Å². The van der Waals surface area contributed by atoms with Crippen LogP contribution in [0.15, 0.2) is 53.5 Å². The molecule has 1 N–H and O–H groups in total. The average Bonchev–Trinajstić information content (AvgIpc) is 2.63. The highest BCUT2D eigenvalue weighted by atomic mass is 35.5. The van der Waals surface area contributed by atoms with Crippen molar-refractivity contribution in [3.63, 3.8) is 0 Å². The zero-order valence-electron chi connectivity index (χ0n) is 13.4. The molecule has 0 saturated carbocycles. The van der Waals surface area contributed by atoms with E-state index in [4.69, 9.17) is 34.8 Å². The molecule has 0 spiro atoms. The number of aliphatic imine (C=N–C) groups is 1. The van der Waals surface area contributed by atoms with Crippen LogP contribution in [0.3, 0.4) is 0 Å². The highest BCUT2D eigenvalue weighted by Gasteiger charge is 2.14. The maximum Gasteiger partial charge on any atom is 0.328 e. The zero-order chi connectivity index (χ0) is 18.9. The normalized spacial score (nSPS) is 10.7. The van der Waals surface area contributed by atoms with Gasteiger partial charge < -0.3 is 5.32 Å². The summed E-state index contributed by atoms with van der Waals surface area (Å²) in [7, 11) is 0. The molecule has 0 aliphatic rings. The minimum Gasteiger partial charge on any atom is -0.324 e. The van der Waals surface area contributed by atoms with Gasteiger partial charge in [0.2, 0.25) is 0 Å². The lowest BCUT2D eigenvalue weighted by Crippen LogP contribution is -2.34. The van der Waals surface area contributed by atoms with Gasteiger partial charge in [0.05, 0.1) is 18.1 Å². The molecule has 0 aromatic heterocycles. The second kappa shape index (κ2) is 10.4. The molecule has 0 bridgehead atoms. The van der Waals surface area contributed by atoms with Gasteiger partial charge in [0, 0.05) is 27.6 Å². The highest BCUT2D eigenvalue weighted by Crippen LogP contribution is 2.17. The minimum atomic E-state index is -0.432. The van der Waals surface area contributed by atoms with E-state index in [9.17, 15) is 9.59 Å². The fourth-order valence-electron chi connectivity index (χ4n) is 1.85. The number of benzene rings is 2. The number of alkyl halides is 1. The van der Waals surface area contributed by atoms with Crippen molar-refractivity contribution < 1.29 is 9.59 Å². The molecule has 0 radical (unpaired) electrons. The first kappa shape index (κ1) is 20.6. The van der Waals surface area contributed by atoms with Crippen LogP contribution < -0.4 is 5.32 Å². The maximum absolute atomic E-state index is 12.1. The lowest BCUT2D eigenvalue weighted by Gasteiger charge is -2.19. The third-order valence-electron chi connectivity index (χ3n) is 3.12. The van der Waals surface area contributed by atoms with Gasteiger partial charge in [0.1, 0.15) is 0 Å². The van der Waals surface area contributed by atoms with E-state index in [0.29, 0.717) is 15.6 Å². The van der Waals surface area contributed by atoms with Crippen molar-refractivity contribution in [2.24, 2.45) is 4.99 Å². The topological polar surface area (TPSA) is 61.8 Å². The Hall–Kier alpha value is -1.73. The van der Waals surface area contributed by atoms with Crippen LogP contribution in [0.1, 0.15) is 15.9 Å². The Morgan fingerprint density at radius 1 is 1.04 bits per heavy atom. The summed E-state index contributed by atoms with van der Waals surface area (Å²) in [6.45, 7) is 0.283. The van der Waals surface area contributed by atoms with Crippen molar-refractivity contribution in [3.8, 4) is 0 Å². The molecule has 0 aliphatic carbocycles. The summed E-state index contributed by atoms with van der Waals surface area (Å²) in [4.78, 5) is 28.0. The Labute approximate surface area is 170 Å². The summed E-state index contributed by atoms with van der Waals surface area (Å²) in [6.07, 6.45) is 0. The fourth-order valence-corrected chi connectivity index (χ4v) is 2.86. The Morgan fingerprint density at radius 3 is 2.19 bits per heavy atom. The van der Waals surface area contributed by atoms with Gasteiger partial charge in [-0.05, 0) is 42.0 Å². The van der Waals surface area contributed by atoms with Gasteiger partial charge in [-0.3, -0.25) is 9.10 Å². The van der Waals surface area contributed by atoms with E-state index in [2.05, 4.69) is 10.3 Å². The molecule has 2 rings (SSSR count). The molecule has 0 saturated heterocycles. The van der Waals surface area contributed by atoms with Crippen molar-refractivity contribution in [3.05, 3.63) is 69.7 Å². The maximum atomic E-state index is 12.1. The molecule has 0 fully saturated rings. The first-order chi connectivity index (χ1) is 12.5. The molecule has 0 aliphatic heterocycles. The largest absolute Gasteiger partial charge is 0.328 e. The third-order valence-corrected chi connectivity index (χ3v) is 4.51. The van der Waals surface area contributed by atoms with E-state index in [1.54, 1.807) is 48.5 Å². The first-order valence-corrected chi connectivity index (χ1v) is 9.47. The number of rotatable bonds is 6. The molecule has 0 atom stereocenters. The molecule has 9 heteroatoms.